The van der Waals surface area contributed by atoms with Crippen molar-refractivity contribution in [2.75, 3.05) is 7.11 Å². The third-order valence-electron chi connectivity index (χ3n) is 4.69. The number of nitrogens with zero attached hydrogens (tertiary/aromatic N) is 1. The summed E-state index contributed by atoms with van der Waals surface area (Å²) in [6.07, 6.45) is 1.76. The average Bonchev–Trinajstić information content (AvgIpc) is 3.17. The highest BCUT2D eigenvalue weighted by Crippen LogP contribution is 2.32. The first kappa shape index (κ1) is 22.2. The largest absolute Gasteiger partial charge is 0.493 e. The molecule has 4 rings (SSSR count). The Morgan fingerprint density at radius 1 is 1.06 bits per heavy atom. The molecule has 1 heterocycles. The highest BCUT2D eigenvalue weighted by molar-refractivity contribution is 8.18. The third kappa shape index (κ3) is 5.61. The number of amidine groups is 1. The van der Waals surface area contributed by atoms with Crippen LogP contribution in [0.15, 0.2) is 82.7 Å². The van der Waals surface area contributed by atoms with Crippen LogP contribution in [0.1, 0.15) is 21.5 Å². The normalized spacial score (nSPS) is 15.5. The van der Waals surface area contributed by atoms with E-state index in [2.05, 4.69) is 10.3 Å². The van der Waals surface area contributed by atoms with Crippen molar-refractivity contribution in [3.05, 3.63) is 94.4 Å². The predicted octanol–water partition coefficient (Wildman–Crippen LogP) is 4.86. The Hall–Kier alpha value is -4.04. The van der Waals surface area contributed by atoms with Crippen molar-refractivity contribution >= 4 is 40.6 Å². The van der Waals surface area contributed by atoms with Crippen LogP contribution in [-0.2, 0) is 11.4 Å². The Morgan fingerprint density at radius 3 is 2.64 bits per heavy atom. The van der Waals surface area contributed by atoms with Crippen molar-refractivity contribution in [3.63, 3.8) is 0 Å². The molecule has 1 fully saturated rings. The molecule has 0 aromatic heterocycles. The van der Waals surface area contributed by atoms with Gasteiger partial charge in [0.1, 0.15) is 6.61 Å². The van der Waals surface area contributed by atoms with Crippen molar-refractivity contribution in [1.82, 2.24) is 5.32 Å². The fourth-order valence-corrected chi connectivity index (χ4v) is 3.94. The molecule has 0 aliphatic carbocycles. The molecule has 7 nitrogen and oxygen atoms in total. The minimum atomic E-state index is -0.988. The molecule has 2 N–H and O–H groups in total. The fourth-order valence-electron chi connectivity index (χ4n) is 3.10. The van der Waals surface area contributed by atoms with Crippen molar-refractivity contribution < 1.29 is 24.2 Å². The predicted molar refractivity (Wildman–Crippen MR) is 128 cm³/mol. The van der Waals surface area contributed by atoms with Crippen molar-refractivity contribution in [2.45, 2.75) is 6.61 Å². The number of carboxylic acids is 1. The van der Waals surface area contributed by atoms with Crippen LogP contribution in [0.4, 0.5) is 5.69 Å². The third-order valence-corrected chi connectivity index (χ3v) is 5.60. The first-order valence-electron chi connectivity index (χ1n) is 9.99. The Labute approximate surface area is 194 Å². The number of nitrogens with one attached hydrogen (secondary N) is 1. The van der Waals surface area contributed by atoms with E-state index in [0.717, 1.165) is 16.8 Å². The van der Waals surface area contributed by atoms with Gasteiger partial charge in [-0.15, -0.1) is 0 Å². The number of carboxylic acid groups (broad SMARTS) is 1. The Kier molecular flexibility index (Phi) is 6.75. The van der Waals surface area contributed by atoms with Gasteiger partial charge < -0.3 is 19.9 Å². The molecule has 8 heteroatoms. The molecule has 0 atom stereocenters. The zero-order chi connectivity index (χ0) is 23.2. The molecule has 0 radical (unpaired) electrons. The van der Waals surface area contributed by atoms with Crippen molar-refractivity contribution in [1.29, 1.82) is 0 Å². The van der Waals surface area contributed by atoms with E-state index < -0.39 is 5.97 Å². The smallest absolute Gasteiger partial charge is 0.335 e. The van der Waals surface area contributed by atoms with Gasteiger partial charge >= 0.3 is 5.97 Å². The maximum Gasteiger partial charge on any atom is 0.335 e. The van der Waals surface area contributed by atoms with Crippen LogP contribution in [0.25, 0.3) is 6.08 Å². The zero-order valence-electron chi connectivity index (χ0n) is 17.6. The van der Waals surface area contributed by atoms with Gasteiger partial charge in [0, 0.05) is 0 Å². The van der Waals surface area contributed by atoms with Crippen LogP contribution in [0, 0.1) is 0 Å². The second-order valence-corrected chi connectivity index (χ2v) is 8.05. The summed E-state index contributed by atoms with van der Waals surface area (Å²) in [6, 6.07) is 21.3. The van der Waals surface area contributed by atoms with E-state index >= 15 is 0 Å². The number of rotatable bonds is 7. The van der Waals surface area contributed by atoms with Gasteiger partial charge in [0.2, 0.25) is 0 Å². The maximum absolute atomic E-state index is 12.4. The summed E-state index contributed by atoms with van der Waals surface area (Å²) in [5.41, 5.74) is 2.46. The van der Waals surface area contributed by atoms with Gasteiger partial charge in [-0.25, -0.2) is 9.79 Å². The second kappa shape index (κ2) is 10.1. The first-order valence-corrected chi connectivity index (χ1v) is 10.8. The molecule has 0 saturated carbocycles. The number of para-hydroxylation sites is 1. The van der Waals surface area contributed by atoms with Gasteiger partial charge in [-0.3, -0.25) is 4.79 Å². The van der Waals surface area contributed by atoms with Crippen LogP contribution in [0.2, 0.25) is 0 Å². The summed E-state index contributed by atoms with van der Waals surface area (Å²) in [6.45, 7) is 0.190. The molecule has 166 valence electrons. The molecular formula is C25H20N2O5S. The monoisotopic (exact) mass is 460 g/mol. The number of thioether (sulfide) groups is 1. The van der Waals surface area contributed by atoms with E-state index in [1.54, 1.807) is 36.4 Å². The van der Waals surface area contributed by atoms with Gasteiger partial charge in [0.15, 0.2) is 16.7 Å². The van der Waals surface area contributed by atoms with Gasteiger partial charge in [0.05, 0.1) is 23.3 Å². The fraction of sp³-hybridized carbons (Fsp3) is 0.0800. The molecule has 1 aliphatic rings. The molecule has 1 aliphatic heterocycles. The number of aromatic carboxylic acids is 1. The molecule has 0 bridgehead atoms. The van der Waals surface area contributed by atoms with E-state index in [1.807, 2.05) is 36.4 Å². The van der Waals surface area contributed by atoms with Crippen LogP contribution in [0.3, 0.4) is 0 Å². The number of hydrogen-bond donors (Lipinski definition) is 2. The van der Waals surface area contributed by atoms with Gasteiger partial charge in [0.25, 0.3) is 5.91 Å². The molecule has 1 amide bonds. The Bertz CT molecular complexity index is 1250. The van der Waals surface area contributed by atoms with Crippen LogP contribution >= 0.6 is 11.8 Å². The maximum atomic E-state index is 12.4. The van der Waals surface area contributed by atoms with E-state index in [0.29, 0.717) is 21.6 Å². The lowest BCUT2D eigenvalue weighted by Crippen LogP contribution is -2.19. The number of benzene rings is 3. The van der Waals surface area contributed by atoms with E-state index in [4.69, 9.17) is 14.6 Å². The Balaban J connectivity index is 1.48. The number of carbonyl (C=O) groups excluding carboxylic acids is 1. The minimum absolute atomic E-state index is 0.190. The number of aliphatic imine (C=N–C) groups is 1. The molecule has 3 aromatic rings. The summed E-state index contributed by atoms with van der Waals surface area (Å²) in [4.78, 5) is 28.5. The quantitative estimate of drug-likeness (QED) is 0.489. The van der Waals surface area contributed by atoms with Crippen LogP contribution < -0.4 is 14.8 Å². The molecule has 0 spiro atoms. The Morgan fingerprint density at radius 2 is 1.88 bits per heavy atom. The minimum Gasteiger partial charge on any atom is -0.493 e. The second-order valence-electron chi connectivity index (χ2n) is 7.02. The van der Waals surface area contributed by atoms with Crippen molar-refractivity contribution in [2.24, 2.45) is 4.99 Å². The summed E-state index contributed by atoms with van der Waals surface area (Å²) in [5.74, 6) is -0.194. The van der Waals surface area contributed by atoms with E-state index in [-0.39, 0.29) is 18.1 Å². The van der Waals surface area contributed by atoms with Gasteiger partial charge in [-0.05, 0) is 65.4 Å². The number of hydrogen-bond acceptors (Lipinski definition) is 6. The number of amides is 1. The molecule has 3 aromatic carbocycles. The summed E-state index contributed by atoms with van der Waals surface area (Å²) >= 11 is 1.27. The summed E-state index contributed by atoms with van der Waals surface area (Å²) in [7, 11) is 1.53. The molecular weight excluding hydrogens is 440 g/mol. The number of carbonyl (C=O) groups is 2. The van der Waals surface area contributed by atoms with Crippen molar-refractivity contribution in [3.8, 4) is 11.5 Å². The topological polar surface area (TPSA) is 97.2 Å². The SMILES string of the molecule is COc1cc(/C=C2\SC(=Nc3ccccc3)NC2=O)ccc1OCc1cccc(C(=O)O)c1. The lowest BCUT2D eigenvalue weighted by molar-refractivity contribution is -0.115. The van der Waals surface area contributed by atoms with E-state index in [9.17, 15) is 9.59 Å². The number of methoxy groups -OCH3 is 1. The van der Waals surface area contributed by atoms with Crippen LogP contribution in [0.5, 0.6) is 11.5 Å². The van der Waals surface area contributed by atoms with Crippen LogP contribution in [-0.4, -0.2) is 29.3 Å². The molecule has 0 unspecified atom stereocenters. The standard InChI is InChI=1S/C25H20N2O5S/c1-31-21-13-16(10-11-20(21)32-15-17-6-5-7-18(12-17)24(29)30)14-22-23(28)27-25(33-22)26-19-8-3-2-4-9-19/h2-14H,15H2,1H3,(H,29,30)(H,26,27,28)/b22-14-. The molecule has 33 heavy (non-hydrogen) atoms. The number of ether oxygens (including phenoxy) is 2. The van der Waals surface area contributed by atoms with Gasteiger partial charge in [-0.2, -0.15) is 0 Å². The lowest BCUT2D eigenvalue weighted by atomic mass is 10.1. The molecule has 1 saturated heterocycles. The summed E-state index contributed by atoms with van der Waals surface area (Å²) in [5, 5.41) is 12.4. The first-order chi connectivity index (χ1) is 16.0. The lowest BCUT2D eigenvalue weighted by Gasteiger charge is -2.12. The highest BCUT2D eigenvalue weighted by atomic mass is 32.2. The summed E-state index contributed by atoms with van der Waals surface area (Å²) < 4.78 is 11.3. The zero-order valence-corrected chi connectivity index (χ0v) is 18.5. The van der Waals surface area contributed by atoms with E-state index in [1.165, 1.54) is 24.9 Å². The highest BCUT2D eigenvalue weighted by Gasteiger charge is 2.24. The van der Waals surface area contributed by atoms with Gasteiger partial charge in [-0.1, -0.05) is 36.4 Å². The average molecular weight is 461 g/mol.